The van der Waals surface area contributed by atoms with Gasteiger partial charge >= 0.3 is 0 Å². The van der Waals surface area contributed by atoms with Crippen molar-refractivity contribution < 1.29 is 9.15 Å². The zero-order valence-corrected chi connectivity index (χ0v) is 10.4. The van der Waals surface area contributed by atoms with Crippen LogP contribution in [0.4, 0.5) is 0 Å². The summed E-state index contributed by atoms with van der Waals surface area (Å²) in [5.74, 6) is 1.90. The average Bonchev–Trinajstić information content (AvgIpc) is 2.54. The van der Waals surface area contributed by atoms with Crippen LogP contribution < -0.4 is 5.32 Å². The van der Waals surface area contributed by atoms with Crippen LogP contribution in [0.15, 0.2) is 22.6 Å². The molecule has 1 heterocycles. The zero-order chi connectivity index (χ0) is 12.0. The van der Waals surface area contributed by atoms with Gasteiger partial charge in [-0.05, 0) is 33.4 Å². The van der Waals surface area contributed by atoms with Gasteiger partial charge in [-0.2, -0.15) is 0 Å². The first-order valence-corrected chi connectivity index (χ1v) is 5.58. The monoisotopic (exact) mass is 223 g/mol. The molecule has 0 atom stereocenters. The van der Waals surface area contributed by atoms with Crippen LogP contribution in [0.25, 0.3) is 0 Å². The average molecular weight is 223 g/mol. The molecule has 1 aromatic heterocycles. The van der Waals surface area contributed by atoms with E-state index < -0.39 is 0 Å². The van der Waals surface area contributed by atoms with Crippen molar-refractivity contribution in [3.05, 3.63) is 35.3 Å². The largest absolute Gasteiger partial charge is 0.465 e. The molecule has 0 aliphatic heterocycles. The van der Waals surface area contributed by atoms with E-state index >= 15 is 0 Å². The highest BCUT2D eigenvalue weighted by atomic mass is 16.5. The van der Waals surface area contributed by atoms with E-state index in [9.17, 15) is 0 Å². The lowest BCUT2D eigenvalue weighted by atomic mass is 10.2. The van der Waals surface area contributed by atoms with Crippen molar-refractivity contribution in [2.24, 2.45) is 0 Å². The van der Waals surface area contributed by atoms with Crippen molar-refractivity contribution in [3.8, 4) is 0 Å². The summed E-state index contributed by atoms with van der Waals surface area (Å²) < 4.78 is 11.1. The van der Waals surface area contributed by atoms with Crippen LogP contribution >= 0.6 is 0 Å². The molecular weight excluding hydrogens is 202 g/mol. The molecule has 1 aromatic rings. The second-order valence-electron chi connectivity index (χ2n) is 4.08. The Labute approximate surface area is 97.5 Å². The smallest absolute Gasteiger partial charge is 0.118 e. The zero-order valence-electron chi connectivity index (χ0n) is 10.4. The lowest BCUT2D eigenvalue weighted by Gasteiger charge is -2.02. The van der Waals surface area contributed by atoms with Gasteiger partial charge in [0, 0.05) is 5.56 Å². The first kappa shape index (κ1) is 13.0. The van der Waals surface area contributed by atoms with Crippen molar-refractivity contribution in [1.29, 1.82) is 0 Å². The molecular formula is C13H21NO2. The van der Waals surface area contributed by atoms with Gasteiger partial charge in [0.05, 0.1) is 19.8 Å². The molecule has 90 valence electrons. The molecule has 0 aromatic carbocycles. The summed E-state index contributed by atoms with van der Waals surface area (Å²) in [6.07, 6.45) is 0.917. The number of nitrogens with one attached hydrogen (secondary N) is 1. The quantitative estimate of drug-likeness (QED) is 0.570. The van der Waals surface area contributed by atoms with Crippen LogP contribution in [-0.2, 0) is 17.9 Å². The van der Waals surface area contributed by atoms with Crippen molar-refractivity contribution in [2.45, 2.75) is 33.4 Å². The Morgan fingerprint density at radius 2 is 2.31 bits per heavy atom. The summed E-state index contributed by atoms with van der Waals surface area (Å²) in [5.41, 5.74) is 2.28. The molecule has 16 heavy (non-hydrogen) atoms. The van der Waals surface area contributed by atoms with Crippen molar-refractivity contribution in [3.63, 3.8) is 0 Å². The fourth-order valence-electron chi connectivity index (χ4n) is 1.42. The predicted molar refractivity (Wildman–Crippen MR) is 65.3 cm³/mol. The third kappa shape index (κ3) is 4.21. The normalized spacial score (nSPS) is 10.7. The van der Waals surface area contributed by atoms with Gasteiger partial charge in [0.25, 0.3) is 0 Å². The van der Waals surface area contributed by atoms with E-state index in [2.05, 4.69) is 11.9 Å². The first-order valence-electron chi connectivity index (χ1n) is 5.58. The number of hydrogen-bond donors (Lipinski definition) is 1. The summed E-state index contributed by atoms with van der Waals surface area (Å²) >= 11 is 0. The summed E-state index contributed by atoms with van der Waals surface area (Å²) in [6.45, 7) is 9.92. The third-order valence-corrected chi connectivity index (χ3v) is 2.35. The molecule has 0 saturated carbocycles. The molecule has 0 spiro atoms. The molecule has 0 bridgehead atoms. The number of rotatable bonds is 7. The van der Waals surface area contributed by atoms with E-state index in [1.54, 1.807) is 0 Å². The van der Waals surface area contributed by atoms with Gasteiger partial charge in [0.15, 0.2) is 0 Å². The number of furan rings is 1. The van der Waals surface area contributed by atoms with Crippen LogP contribution in [0.3, 0.4) is 0 Å². The van der Waals surface area contributed by atoms with E-state index in [4.69, 9.17) is 9.15 Å². The van der Waals surface area contributed by atoms with E-state index in [-0.39, 0.29) is 0 Å². The highest BCUT2D eigenvalue weighted by Gasteiger charge is 2.06. The number of ether oxygens (including phenoxy) is 1. The molecule has 1 N–H and O–H groups in total. The van der Waals surface area contributed by atoms with Crippen molar-refractivity contribution in [2.75, 3.05) is 13.7 Å². The minimum absolute atomic E-state index is 0.617. The molecule has 0 aliphatic rings. The van der Waals surface area contributed by atoms with Crippen molar-refractivity contribution in [1.82, 2.24) is 5.32 Å². The molecule has 0 fully saturated rings. The van der Waals surface area contributed by atoms with Gasteiger partial charge in [-0.1, -0.05) is 5.57 Å². The molecule has 0 radical (unpaired) electrons. The van der Waals surface area contributed by atoms with E-state index in [1.165, 1.54) is 0 Å². The maximum atomic E-state index is 5.57. The molecule has 3 nitrogen and oxygen atoms in total. The van der Waals surface area contributed by atoms with Crippen LogP contribution in [-0.4, -0.2) is 13.7 Å². The minimum atomic E-state index is 0.617. The summed E-state index contributed by atoms with van der Waals surface area (Å²) in [6, 6.07) is 2.05. The number of aryl methyl sites for hydroxylation is 1. The number of hydrogen-bond acceptors (Lipinski definition) is 3. The molecule has 0 unspecified atom stereocenters. The summed E-state index contributed by atoms with van der Waals surface area (Å²) in [7, 11) is 1.90. The van der Waals surface area contributed by atoms with Gasteiger partial charge in [0.1, 0.15) is 11.5 Å². The maximum Gasteiger partial charge on any atom is 0.118 e. The van der Waals surface area contributed by atoms with Crippen LogP contribution in [0.1, 0.15) is 30.4 Å². The Kier molecular flexibility index (Phi) is 5.29. The Bertz CT molecular complexity index is 342. The summed E-state index contributed by atoms with van der Waals surface area (Å²) in [5, 5.41) is 3.06. The van der Waals surface area contributed by atoms with Crippen molar-refractivity contribution >= 4 is 0 Å². The second-order valence-corrected chi connectivity index (χ2v) is 4.08. The molecule has 1 rings (SSSR count). The molecule has 0 aliphatic carbocycles. The molecule has 0 amide bonds. The lowest BCUT2D eigenvalue weighted by molar-refractivity contribution is 0.123. The van der Waals surface area contributed by atoms with Crippen LogP contribution in [0.5, 0.6) is 0 Å². The molecule has 0 saturated heterocycles. The van der Waals surface area contributed by atoms with E-state index in [1.807, 2.05) is 27.0 Å². The van der Waals surface area contributed by atoms with Crippen LogP contribution in [0, 0.1) is 6.92 Å². The second kappa shape index (κ2) is 6.51. The lowest BCUT2D eigenvalue weighted by Crippen LogP contribution is -2.03. The highest BCUT2D eigenvalue weighted by Crippen LogP contribution is 2.15. The van der Waals surface area contributed by atoms with Gasteiger partial charge in [0.2, 0.25) is 0 Å². The highest BCUT2D eigenvalue weighted by molar-refractivity contribution is 5.19. The fraction of sp³-hybridized carbons (Fsp3) is 0.538. The first-order chi connectivity index (χ1) is 7.63. The third-order valence-electron chi connectivity index (χ3n) is 2.35. The van der Waals surface area contributed by atoms with Crippen LogP contribution in [0.2, 0.25) is 0 Å². The summed E-state index contributed by atoms with van der Waals surface area (Å²) in [4.78, 5) is 0. The SMILES string of the molecule is C=C(C)CCOCc1cc(CNC)oc1C. The Hall–Kier alpha value is -1.06. The molecule has 3 heteroatoms. The fourth-order valence-corrected chi connectivity index (χ4v) is 1.42. The topological polar surface area (TPSA) is 34.4 Å². The van der Waals surface area contributed by atoms with Gasteiger partial charge in [-0.25, -0.2) is 0 Å². The van der Waals surface area contributed by atoms with E-state index in [0.717, 1.165) is 42.2 Å². The van der Waals surface area contributed by atoms with Gasteiger partial charge in [-0.15, -0.1) is 6.58 Å². The maximum absolute atomic E-state index is 5.57. The Morgan fingerprint density at radius 3 is 2.94 bits per heavy atom. The Balaban J connectivity index is 2.38. The van der Waals surface area contributed by atoms with Gasteiger partial charge in [-0.3, -0.25) is 0 Å². The van der Waals surface area contributed by atoms with E-state index in [0.29, 0.717) is 6.61 Å². The van der Waals surface area contributed by atoms with Gasteiger partial charge < -0.3 is 14.5 Å². The Morgan fingerprint density at radius 1 is 1.56 bits per heavy atom. The predicted octanol–water partition coefficient (Wildman–Crippen LogP) is 2.79. The minimum Gasteiger partial charge on any atom is -0.465 e. The standard InChI is InChI=1S/C13H21NO2/c1-10(2)5-6-15-9-12-7-13(8-14-4)16-11(12)3/h7,14H,1,5-6,8-9H2,2-4H3.